The first-order valence-electron chi connectivity index (χ1n) is 10.6. The number of methoxy groups -OCH3 is 1. The Morgan fingerprint density at radius 1 is 1.32 bits per heavy atom. The molecule has 13 heteroatoms. The Morgan fingerprint density at radius 2 is 2.09 bits per heavy atom. The molecule has 0 bridgehead atoms. The monoisotopic (exact) mass is 477 g/mol. The van der Waals surface area contributed by atoms with Crippen LogP contribution >= 0.6 is 0 Å². The number of nitrogens with zero attached hydrogens (tertiary/aromatic N) is 4. The van der Waals surface area contributed by atoms with Gasteiger partial charge in [-0.3, -0.25) is 14.9 Å². The number of rotatable bonds is 5. The molecule has 2 aliphatic rings. The molecule has 1 aromatic heterocycles. The largest absolute Gasteiger partial charge is 0.494 e. The van der Waals surface area contributed by atoms with Crippen molar-refractivity contribution in [2.75, 3.05) is 49.7 Å². The highest BCUT2D eigenvalue weighted by molar-refractivity contribution is 5.72. The highest BCUT2D eigenvalue weighted by atomic mass is 19.1. The van der Waals surface area contributed by atoms with Crippen molar-refractivity contribution >= 4 is 23.2 Å². The summed E-state index contributed by atoms with van der Waals surface area (Å²) >= 11 is 0. The summed E-state index contributed by atoms with van der Waals surface area (Å²) in [5.74, 6) is -0.185. The fourth-order valence-corrected chi connectivity index (χ4v) is 4.70. The number of para-hydroxylation sites is 1. The summed E-state index contributed by atoms with van der Waals surface area (Å²) in [4.78, 5) is 42.2. The van der Waals surface area contributed by atoms with Crippen LogP contribution in [0.5, 0.6) is 5.75 Å². The molecule has 182 valence electrons. The van der Waals surface area contributed by atoms with Crippen molar-refractivity contribution in [3.63, 3.8) is 0 Å². The molecule has 0 aliphatic carbocycles. The second-order valence-corrected chi connectivity index (χ2v) is 8.09. The zero-order valence-electron chi connectivity index (χ0n) is 18.4. The van der Waals surface area contributed by atoms with E-state index in [1.165, 1.54) is 19.2 Å². The van der Waals surface area contributed by atoms with Crippen molar-refractivity contribution in [3.8, 4) is 5.75 Å². The highest BCUT2D eigenvalue weighted by Gasteiger charge is 2.38. The molecule has 1 amide bonds. The van der Waals surface area contributed by atoms with E-state index in [2.05, 4.69) is 4.98 Å². The van der Waals surface area contributed by atoms with Crippen LogP contribution in [0, 0.1) is 15.9 Å². The number of aliphatic hydroxyl groups is 1. The fraction of sp³-hybridized carbons (Fsp3) is 0.429. The Balaban J connectivity index is 1.79. The van der Waals surface area contributed by atoms with Crippen LogP contribution in [0.25, 0.3) is 0 Å². The molecule has 4 rings (SSSR count). The molecule has 1 unspecified atom stereocenters. The number of anilines is 2. The lowest BCUT2D eigenvalue weighted by atomic mass is 9.98. The number of pyridine rings is 1. The van der Waals surface area contributed by atoms with E-state index in [9.17, 15) is 34.3 Å². The summed E-state index contributed by atoms with van der Waals surface area (Å²) in [6.45, 7) is -0.0303. The van der Waals surface area contributed by atoms with E-state index in [0.29, 0.717) is 23.6 Å². The Morgan fingerprint density at radius 3 is 2.74 bits per heavy atom. The molecule has 1 aromatic carbocycles. The molecule has 1 atom stereocenters. The highest BCUT2D eigenvalue weighted by Crippen LogP contribution is 2.39. The number of nitrogens with one attached hydrogen (secondary N) is 1. The lowest BCUT2D eigenvalue weighted by Crippen LogP contribution is -2.57. The Kier molecular flexibility index (Phi) is 6.28. The van der Waals surface area contributed by atoms with E-state index >= 15 is 0 Å². The number of ether oxygens (including phenoxy) is 1. The number of aromatic nitrogens is 1. The van der Waals surface area contributed by atoms with Gasteiger partial charge in [0.25, 0.3) is 0 Å². The van der Waals surface area contributed by atoms with Crippen LogP contribution in [-0.4, -0.2) is 77.1 Å². The summed E-state index contributed by atoms with van der Waals surface area (Å²) in [5, 5.41) is 31.1. The molecule has 1 fully saturated rings. The summed E-state index contributed by atoms with van der Waals surface area (Å²) in [5.41, 5.74) is -0.372. The van der Waals surface area contributed by atoms with Crippen LogP contribution in [0.4, 0.5) is 26.2 Å². The van der Waals surface area contributed by atoms with Gasteiger partial charge in [0.05, 0.1) is 31.2 Å². The van der Waals surface area contributed by atoms with Crippen LogP contribution in [0.3, 0.4) is 0 Å². The quantitative estimate of drug-likeness (QED) is 0.425. The Labute approximate surface area is 192 Å². The molecule has 12 nitrogen and oxygen atoms in total. The standard InChI is InChI=1S/C21H24FN5O7/c1-34-16-4-2-3-14(22)18(16)24-6-5-13-15(10-24)23-20(29)19(27(32)33)17(13)26-8-7-25(21(30)31)9-12(26)11-28/h2-4,12,28H,5-11H2,1H3,(H,23,29)(H,30,31). The zero-order chi connectivity index (χ0) is 24.6. The molecule has 1 saturated heterocycles. The van der Waals surface area contributed by atoms with Gasteiger partial charge in [-0.2, -0.15) is 0 Å². The lowest BCUT2D eigenvalue weighted by molar-refractivity contribution is -0.385. The molecular formula is C21H24FN5O7. The average molecular weight is 477 g/mol. The molecule has 0 saturated carbocycles. The first-order chi connectivity index (χ1) is 16.3. The van der Waals surface area contributed by atoms with E-state index in [-0.39, 0.29) is 44.0 Å². The number of H-pyrrole nitrogens is 1. The van der Waals surface area contributed by atoms with Crippen molar-refractivity contribution in [2.45, 2.75) is 19.0 Å². The minimum Gasteiger partial charge on any atom is -0.494 e. The van der Waals surface area contributed by atoms with Gasteiger partial charge >= 0.3 is 17.3 Å². The number of halogens is 1. The number of aliphatic hydroxyl groups excluding tert-OH is 1. The summed E-state index contributed by atoms with van der Waals surface area (Å²) in [6.07, 6.45) is -0.910. The van der Waals surface area contributed by atoms with Crippen molar-refractivity contribution in [1.82, 2.24) is 9.88 Å². The number of fused-ring (bicyclic) bond motifs is 1. The number of hydrogen-bond acceptors (Lipinski definition) is 8. The van der Waals surface area contributed by atoms with Gasteiger partial charge in [0.2, 0.25) is 0 Å². The maximum absolute atomic E-state index is 14.6. The predicted octanol–water partition coefficient (Wildman–Crippen LogP) is 1.15. The Bertz CT molecular complexity index is 1190. The van der Waals surface area contributed by atoms with Crippen LogP contribution in [0.2, 0.25) is 0 Å². The van der Waals surface area contributed by atoms with E-state index < -0.39 is 40.7 Å². The van der Waals surface area contributed by atoms with E-state index in [1.54, 1.807) is 15.9 Å². The second-order valence-electron chi connectivity index (χ2n) is 8.09. The minimum absolute atomic E-state index is 0.0586. The predicted molar refractivity (Wildman–Crippen MR) is 119 cm³/mol. The fourth-order valence-electron chi connectivity index (χ4n) is 4.70. The molecule has 3 heterocycles. The van der Waals surface area contributed by atoms with E-state index in [4.69, 9.17) is 4.74 Å². The van der Waals surface area contributed by atoms with E-state index in [0.717, 1.165) is 4.90 Å². The van der Waals surface area contributed by atoms with Gasteiger partial charge in [-0.15, -0.1) is 0 Å². The van der Waals surface area contributed by atoms with Crippen molar-refractivity contribution in [1.29, 1.82) is 0 Å². The van der Waals surface area contributed by atoms with Gasteiger partial charge < -0.3 is 34.6 Å². The maximum atomic E-state index is 14.6. The van der Waals surface area contributed by atoms with E-state index in [1.807, 2.05) is 0 Å². The number of carbonyl (C=O) groups is 1. The topological polar surface area (TPSA) is 152 Å². The van der Waals surface area contributed by atoms with Crippen LogP contribution in [-0.2, 0) is 13.0 Å². The van der Waals surface area contributed by atoms with Crippen LogP contribution in [0.15, 0.2) is 23.0 Å². The van der Waals surface area contributed by atoms with Gasteiger partial charge in [0, 0.05) is 37.4 Å². The van der Waals surface area contributed by atoms with Gasteiger partial charge in [0.1, 0.15) is 22.9 Å². The number of piperazine rings is 1. The van der Waals surface area contributed by atoms with Crippen molar-refractivity contribution in [3.05, 3.63) is 55.7 Å². The van der Waals surface area contributed by atoms with Gasteiger partial charge in [0.15, 0.2) is 0 Å². The summed E-state index contributed by atoms with van der Waals surface area (Å²) < 4.78 is 19.9. The van der Waals surface area contributed by atoms with Crippen molar-refractivity contribution < 1.29 is 29.1 Å². The molecule has 2 aromatic rings. The number of aromatic amines is 1. The SMILES string of the molecule is COc1cccc(F)c1N1CCc2c([nH]c(=O)c([N+](=O)[O-])c2N2CCN(C(=O)O)CC2CO)C1. The van der Waals surface area contributed by atoms with Gasteiger partial charge in [-0.1, -0.05) is 6.07 Å². The van der Waals surface area contributed by atoms with Gasteiger partial charge in [-0.25, -0.2) is 9.18 Å². The second kappa shape index (κ2) is 9.17. The number of benzene rings is 1. The normalized spacial score (nSPS) is 18.0. The van der Waals surface area contributed by atoms with Gasteiger partial charge in [-0.05, 0) is 18.6 Å². The first-order valence-corrected chi connectivity index (χ1v) is 10.6. The molecule has 0 spiro atoms. The van der Waals surface area contributed by atoms with Crippen LogP contribution in [0.1, 0.15) is 11.3 Å². The number of carboxylic acid groups (broad SMARTS) is 1. The van der Waals surface area contributed by atoms with Crippen molar-refractivity contribution in [2.24, 2.45) is 0 Å². The number of hydrogen-bond donors (Lipinski definition) is 3. The molecule has 0 radical (unpaired) electrons. The summed E-state index contributed by atoms with van der Waals surface area (Å²) in [7, 11) is 1.42. The third kappa shape index (κ3) is 3.98. The average Bonchev–Trinajstić information content (AvgIpc) is 2.81. The third-order valence-electron chi connectivity index (χ3n) is 6.25. The number of nitro groups is 1. The smallest absolute Gasteiger partial charge is 0.407 e. The molecule has 3 N–H and O–H groups in total. The lowest BCUT2D eigenvalue weighted by Gasteiger charge is -2.42. The molecular weight excluding hydrogens is 453 g/mol. The molecule has 34 heavy (non-hydrogen) atoms. The maximum Gasteiger partial charge on any atom is 0.407 e. The first kappa shape index (κ1) is 23.3. The zero-order valence-corrected chi connectivity index (χ0v) is 18.4. The van der Waals surface area contributed by atoms with Crippen LogP contribution < -0.4 is 20.1 Å². The summed E-state index contributed by atoms with van der Waals surface area (Å²) in [6, 6.07) is 3.67. The molecule has 2 aliphatic heterocycles. The minimum atomic E-state index is -1.16. The number of amides is 1. The Hall–Kier alpha value is -3.87. The third-order valence-corrected chi connectivity index (χ3v) is 6.25.